The van der Waals surface area contributed by atoms with Crippen molar-refractivity contribution in [2.75, 3.05) is 18.8 Å². The highest BCUT2D eigenvalue weighted by atomic mass is 15.2. The van der Waals surface area contributed by atoms with E-state index < -0.39 is 0 Å². The van der Waals surface area contributed by atoms with Crippen molar-refractivity contribution in [2.45, 2.75) is 32.7 Å². The van der Waals surface area contributed by atoms with Gasteiger partial charge in [0.25, 0.3) is 0 Å². The highest BCUT2D eigenvalue weighted by Gasteiger charge is 2.25. The molecule has 0 aliphatic carbocycles. The molecule has 2 atom stereocenters. The predicted octanol–water partition coefficient (Wildman–Crippen LogP) is 1.94. The van der Waals surface area contributed by atoms with Gasteiger partial charge in [0.15, 0.2) is 0 Å². The largest absolute Gasteiger partial charge is 0.397 e. The van der Waals surface area contributed by atoms with Gasteiger partial charge in [0.05, 0.1) is 11.9 Å². The molecule has 0 radical (unpaired) electrons. The molecule has 3 nitrogen and oxygen atoms in total. The molecular formula is C13H21N3. The van der Waals surface area contributed by atoms with E-state index in [1.807, 2.05) is 12.1 Å². The average Bonchev–Trinajstić information content (AvgIpc) is 2.57. The third kappa shape index (κ3) is 2.73. The van der Waals surface area contributed by atoms with Crippen molar-refractivity contribution in [2.24, 2.45) is 5.92 Å². The quantitative estimate of drug-likeness (QED) is 0.844. The highest BCUT2D eigenvalue weighted by Crippen LogP contribution is 2.22. The van der Waals surface area contributed by atoms with Crippen LogP contribution in [0.1, 0.15) is 26.0 Å². The topological polar surface area (TPSA) is 42.1 Å². The van der Waals surface area contributed by atoms with Crippen LogP contribution in [-0.4, -0.2) is 29.0 Å². The summed E-state index contributed by atoms with van der Waals surface area (Å²) in [5.41, 5.74) is 7.49. The summed E-state index contributed by atoms with van der Waals surface area (Å²) in [5.74, 6) is 0.842. The van der Waals surface area contributed by atoms with Crippen LogP contribution in [0.4, 0.5) is 5.69 Å². The molecule has 2 heterocycles. The van der Waals surface area contributed by atoms with Gasteiger partial charge in [0.1, 0.15) is 0 Å². The normalized spacial score (nSPS) is 26.1. The van der Waals surface area contributed by atoms with Crippen molar-refractivity contribution >= 4 is 5.69 Å². The summed E-state index contributed by atoms with van der Waals surface area (Å²) in [6.45, 7) is 7.00. The van der Waals surface area contributed by atoms with Crippen LogP contribution in [-0.2, 0) is 6.42 Å². The number of hydrogen-bond acceptors (Lipinski definition) is 3. The molecule has 0 aromatic carbocycles. The molecule has 1 aromatic heterocycles. The fraction of sp³-hybridized carbons (Fsp3) is 0.615. The van der Waals surface area contributed by atoms with E-state index in [9.17, 15) is 0 Å². The minimum absolute atomic E-state index is 0.726. The smallest absolute Gasteiger partial charge is 0.0501 e. The summed E-state index contributed by atoms with van der Waals surface area (Å²) >= 11 is 0. The molecule has 0 saturated carbocycles. The summed E-state index contributed by atoms with van der Waals surface area (Å²) in [4.78, 5) is 6.89. The Bertz CT molecular complexity index is 334. The second kappa shape index (κ2) is 4.83. The molecule has 1 saturated heterocycles. The summed E-state index contributed by atoms with van der Waals surface area (Å²) < 4.78 is 0. The number of anilines is 1. The molecule has 2 rings (SSSR count). The van der Waals surface area contributed by atoms with Crippen molar-refractivity contribution in [1.29, 1.82) is 0 Å². The molecule has 0 bridgehead atoms. The molecule has 1 fully saturated rings. The number of nitrogen functional groups attached to an aromatic ring is 1. The van der Waals surface area contributed by atoms with E-state index in [-0.39, 0.29) is 0 Å². The van der Waals surface area contributed by atoms with Crippen molar-refractivity contribution in [3.8, 4) is 0 Å². The van der Waals surface area contributed by atoms with E-state index in [2.05, 4.69) is 23.7 Å². The minimum atomic E-state index is 0.726. The molecule has 0 spiro atoms. The molecule has 2 N–H and O–H groups in total. The van der Waals surface area contributed by atoms with Crippen LogP contribution in [0.5, 0.6) is 0 Å². The number of aromatic nitrogens is 1. The Morgan fingerprint density at radius 2 is 2.25 bits per heavy atom. The van der Waals surface area contributed by atoms with Gasteiger partial charge in [-0.1, -0.05) is 6.92 Å². The zero-order chi connectivity index (χ0) is 11.5. The number of hydrogen-bond donors (Lipinski definition) is 1. The fourth-order valence-electron chi connectivity index (χ4n) is 2.54. The monoisotopic (exact) mass is 219 g/mol. The predicted molar refractivity (Wildman–Crippen MR) is 67.2 cm³/mol. The van der Waals surface area contributed by atoms with Gasteiger partial charge < -0.3 is 5.73 Å². The van der Waals surface area contributed by atoms with Crippen molar-refractivity contribution in [1.82, 2.24) is 9.88 Å². The minimum Gasteiger partial charge on any atom is -0.397 e. The molecule has 3 heteroatoms. The first-order valence-electron chi connectivity index (χ1n) is 6.09. The van der Waals surface area contributed by atoms with Crippen LogP contribution in [0, 0.1) is 5.92 Å². The summed E-state index contributed by atoms with van der Waals surface area (Å²) in [7, 11) is 0. The maximum Gasteiger partial charge on any atom is 0.0501 e. The molecule has 0 amide bonds. The number of rotatable bonds is 3. The van der Waals surface area contributed by atoms with Gasteiger partial charge in [-0.25, -0.2) is 0 Å². The number of likely N-dealkylation sites (tertiary alicyclic amines) is 1. The Hall–Kier alpha value is -1.09. The van der Waals surface area contributed by atoms with E-state index in [4.69, 9.17) is 5.73 Å². The molecular weight excluding hydrogens is 198 g/mol. The molecule has 1 aliphatic heterocycles. The first-order chi connectivity index (χ1) is 7.65. The van der Waals surface area contributed by atoms with E-state index in [0.29, 0.717) is 0 Å². The number of pyridine rings is 1. The Kier molecular flexibility index (Phi) is 3.44. The lowest BCUT2D eigenvalue weighted by atomic mass is 10.1. The maximum atomic E-state index is 5.61. The first-order valence-corrected chi connectivity index (χ1v) is 6.09. The van der Waals surface area contributed by atoms with Crippen LogP contribution in [0.3, 0.4) is 0 Å². The van der Waals surface area contributed by atoms with Gasteiger partial charge in [-0.2, -0.15) is 0 Å². The second-order valence-corrected chi connectivity index (χ2v) is 5.02. The summed E-state index contributed by atoms with van der Waals surface area (Å²) in [6, 6.07) is 4.68. The Morgan fingerprint density at radius 3 is 2.81 bits per heavy atom. The second-order valence-electron chi connectivity index (χ2n) is 5.02. The number of nitrogens with zero attached hydrogens (tertiary/aromatic N) is 2. The van der Waals surface area contributed by atoms with Gasteiger partial charge in [-0.05, 0) is 31.4 Å². The Morgan fingerprint density at radius 1 is 1.44 bits per heavy atom. The molecule has 1 aliphatic rings. The van der Waals surface area contributed by atoms with Crippen LogP contribution in [0.2, 0.25) is 0 Å². The lowest BCUT2D eigenvalue weighted by molar-refractivity contribution is 0.268. The van der Waals surface area contributed by atoms with Gasteiger partial charge in [-0.15, -0.1) is 0 Å². The zero-order valence-corrected chi connectivity index (χ0v) is 10.2. The van der Waals surface area contributed by atoms with Crippen LogP contribution in [0.15, 0.2) is 18.3 Å². The maximum absolute atomic E-state index is 5.61. The summed E-state index contributed by atoms with van der Waals surface area (Å²) in [6.07, 6.45) is 4.10. The fourth-order valence-corrected chi connectivity index (χ4v) is 2.54. The van der Waals surface area contributed by atoms with Crippen LogP contribution >= 0.6 is 0 Å². The van der Waals surface area contributed by atoms with E-state index in [0.717, 1.165) is 36.3 Å². The van der Waals surface area contributed by atoms with Gasteiger partial charge in [0.2, 0.25) is 0 Å². The number of nitrogens with two attached hydrogens (primary N) is 1. The van der Waals surface area contributed by atoms with Crippen molar-refractivity contribution in [3.05, 3.63) is 24.0 Å². The average molecular weight is 219 g/mol. The van der Waals surface area contributed by atoms with Crippen molar-refractivity contribution in [3.63, 3.8) is 0 Å². The summed E-state index contributed by atoms with van der Waals surface area (Å²) in [5, 5.41) is 0. The van der Waals surface area contributed by atoms with Crippen LogP contribution in [0.25, 0.3) is 0 Å². The first kappa shape index (κ1) is 11.4. The lowest BCUT2D eigenvalue weighted by Gasteiger charge is -2.20. The third-order valence-electron chi connectivity index (χ3n) is 3.42. The Balaban J connectivity index is 1.85. The molecule has 2 unspecified atom stereocenters. The van der Waals surface area contributed by atoms with Crippen LogP contribution < -0.4 is 5.73 Å². The zero-order valence-electron chi connectivity index (χ0n) is 10.2. The SMILES string of the molecule is CC1CC(C)N(CCc2ccc(N)cn2)C1. The highest BCUT2D eigenvalue weighted by molar-refractivity contribution is 5.34. The van der Waals surface area contributed by atoms with Gasteiger partial charge in [0, 0.05) is 31.2 Å². The van der Waals surface area contributed by atoms with Gasteiger partial charge >= 0.3 is 0 Å². The lowest BCUT2D eigenvalue weighted by Crippen LogP contribution is -2.29. The molecule has 16 heavy (non-hydrogen) atoms. The Labute approximate surface area is 97.7 Å². The standard InChI is InChI=1S/C13H21N3/c1-10-7-11(2)16(9-10)6-5-13-4-3-12(14)8-15-13/h3-4,8,10-11H,5-7,9,14H2,1-2H3. The van der Waals surface area contributed by atoms with Gasteiger partial charge in [-0.3, -0.25) is 9.88 Å². The van der Waals surface area contributed by atoms with E-state index in [1.54, 1.807) is 6.20 Å². The van der Waals surface area contributed by atoms with E-state index >= 15 is 0 Å². The molecule has 1 aromatic rings. The van der Waals surface area contributed by atoms with E-state index in [1.165, 1.54) is 13.0 Å². The molecule has 88 valence electrons. The van der Waals surface area contributed by atoms with Crippen molar-refractivity contribution < 1.29 is 0 Å². The third-order valence-corrected chi connectivity index (χ3v) is 3.42.